The molecule has 3 rings (SSSR count). The van der Waals surface area contributed by atoms with Gasteiger partial charge in [-0.05, 0) is 36.6 Å². The van der Waals surface area contributed by atoms with Gasteiger partial charge in [0.1, 0.15) is 23.3 Å². The number of carbonyl (C=O) groups excluding carboxylic acids is 1. The van der Waals surface area contributed by atoms with Gasteiger partial charge in [-0.3, -0.25) is 4.57 Å². The molecule has 0 fully saturated rings. The number of nitrogens with zero attached hydrogens (tertiary/aromatic N) is 3. The van der Waals surface area contributed by atoms with Crippen LogP contribution in [-0.4, -0.2) is 26.8 Å². The number of aromatic nitrogens is 3. The standard InChI is InChI=1S/C16H10FN3O2S/c1-3-22-15(21)13-8-10-9-18-16(23-2)19-14(10)20(13)12-6-4-11(17)5-7-12/h1,4-9H,2H3. The van der Waals surface area contributed by atoms with Crippen LogP contribution in [0.4, 0.5) is 4.39 Å². The predicted octanol–water partition coefficient (Wildman–Crippen LogP) is 3.03. The average molecular weight is 327 g/mol. The van der Waals surface area contributed by atoms with E-state index in [2.05, 4.69) is 14.7 Å². The van der Waals surface area contributed by atoms with Gasteiger partial charge in [0.05, 0.1) is 0 Å². The van der Waals surface area contributed by atoms with Gasteiger partial charge in [-0.1, -0.05) is 18.2 Å². The van der Waals surface area contributed by atoms with Crippen molar-refractivity contribution in [1.82, 2.24) is 14.5 Å². The first-order chi connectivity index (χ1) is 11.1. The first-order valence-corrected chi connectivity index (χ1v) is 7.71. The van der Waals surface area contributed by atoms with E-state index in [1.165, 1.54) is 23.9 Å². The molecule has 0 N–H and O–H groups in total. The number of thioether (sulfide) groups is 1. The van der Waals surface area contributed by atoms with Crippen LogP contribution in [0.15, 0.2) is 41.7 Å². The van der Waals surface area contributed by atoms with Gasteiger partial charge in [-0.25, -0.2) is 19.2 Å². The molecule has 0 radical (unpaired) electrons. The van der Waals surface area contributed by atoms with Crippen LogP contribution in [0.3, 0.4) is 0 Å². The second-order valence-electron chi connectivity index (χ2n) is 4.48. The zero-order valence-corrected chi connectivity index (χ0v) is 12.8. The molecule has 0 unspecified atom stereocenters. The fourth-order valence-electron chi connectivity index (χ4n) is 2.18. The lowest BCUT2D eigenvalue weighted by Crippen LogP contribution is -2.09. The number of esters is 1. The Kier molecular flexibility index (Phi) is 4.00. The van der Waals surface area contributed by atoms with Crippen molar-refractivity contribution in [2.75, 3.05) is 6.26 Å². The molecule has 23 heavy (non-hydrogen) atoms. The van der Waals surface area contributed by atoms with E-state index in [9.17, 15) is 9.18 Å². The lowest BCUT2D eigenvalue weighted by atomic mass is 10.3. The number of hydrogen-bond acceptors (Lipinski definition) is 5. The van der Waals surface area contributed by atoms with Crippen LogP contribution in [0.5, 0.6) is 0 Å². The topological polar surface area (TPSA) is 57.0 Å². The van der Waals surface area contributed by atoms with Gasteiger partial charge in [0.15, 0.2) is 5.16 Å². The zero-order chi connectivity index (χ0) is 16.4. The molecular formula is C16H10FN3O2S. The Morgan fingerprint density at radius 3 is 2.78 bits per heavy atom. The van der Waals surface area contributed by atoms with Gasteiger partial charge < -0.3 is 4.74 Å². The van der Waals surface area contributed by atoms with E-state index in [1.807, 2.05) is 12.4 Å². The molecule has 0 bridgehead atoms. The number of terminal acetylenes is 1. The summed E-state index contributed by atoms with van der Waals surface area (Å²) in [6.07, 6.45) is 10.3. The number of hydrogen-bond donors (Lipinski definition) is 0. The minimum Gasteiger partial charge on any atom is -0.368 e. The highest BCUT2D eigenvalue weighted by Gasteiger charge is 2.20. The Morgan fingerprint density at radius 1 is 1.39 bits per heavy atom. The summed E-state index contributed by atoms with van der Waals surface area (Å²) in [4.78, 5) is 20.7. The lowest BCUT2D eigenvalue weighted by Gasteiger charge is -2.08. The summed E-state index contributed by atoms with van der Waals surface area (Å²) < 4.78 is 19.4. The van der Waals surface area contributed by atoms with Crippen molar-refractivity contribution in [3.63, 3.8) is 0 Å². The van der Waals surface area contributed by atoms with Gasteiger partial charge in [0.25, 0.3) is 0 Å². The third kappa shape index (κ3) is 2.76. The number of carbonyl (C=O) groups is 1. The van der Waals surface area contributed by atoms with Gasteiger partial charge in [-0.15, -0.1) is 0 Å². The Labute approximate surface area is 135 Å². The van der Waals surface area contributed by atoms with Crippen LogP contribution in [0.2, 0.25) is 0 Å². The van der Waals surface area contributed by atoms with Gasteiger partial charge in [0, 0.05) is 17.3 Å². The molecule has 0 saturated heterocycles. The zero-order valence-electron chi connectivity index (χ0n) is 12.0. The number of halogens is 1. The van der Waals surface area contributed by atoms with Crippen molar-refractivity contribution in [3.05, 3.63) is 48.0 Å². The molecule has 0 amide bonds. The maximum atomic E-state index is 13.2. The van der Waals surface area contributed by atoms with Crippen molar-refractivity contribution in [1.29, 1.82) is 0 Å². The summed E-state index contributed by atoms with van der Waals surface area (Å²) in [5, 5.41) is 1.20. The smallest absolute Gasteiger partial charge is 0.368 e. The summed E-state index contributed by atoms with van der Waals surface area (Å²) >= 11 is 1.37. The maximum Gasteiger partial charge on any atom is 0.369 e. The largest absolute Gasteiger partial charge is 0.369 e. The van der Waals surface area contributed by atoms with Crippen molar-refractivity contribution in [2.24, 2.45) is 0 Å². The Hall–Kier alpha value is -2.85. The summed E-state index contributed by atoms with van der Waals surface area (Å²) in [7, 11) is 0. The van der Waals surface area contributed by atoms with E-state index < -0.39 is 5.97 Å². The molecule has 0 spiro atoms. The molecule has 0 aliphatic carbocycles. The van der Waals surface area contributed by atoms with Gasteiger partial charge >= 0.3 is 5.97 Å². The van der Waals surface area contributed by atoms with E-state index in [4.69, 9.17) is 6.42 Å². The summed E-state index contributed by atoms with van der Waals surface area (Å²) in [5.74, 6) is -1.07. The fourth-order valence-corrected chi connectivity index (χ4v) is 2.52. The quantitative estimate of drug-likeness (QED) is 0.320. The first-order valence-electron chi connectivity index (χ1n) is 6.49. The van der Waals surface area contributed by atoms with Gasteiger partial charge in [-0.2, -0.15) is 0 Å². The van der Waals surface area contributed by atoms with E-state index in [1.54, 1.807) is 29.0 Å². The van der Waals surface area contributed by atoms with Gasteiger partial charge in [0.2, 0.25) is 0 Å². The molecule has 1 aromatic carbocycles. The van der Waals surface area contributed by atoms with Crippen molar-refractivity contribution >= 4 is 28.8 Å². The molecule has 0 aliphatic rings. The normalized spacial score (nSPS) is 10.5. The summed E-state index contributed by atoms with van der Waals surface area (Å²) in [5.41, 5.74) is 1.27. The lowest BCUT2D eigenvalue weighted by molar-refractivity contribution is 0.0683. The van der Waals surface area contributed by atoms with E-state index in [-0.39, 0.29) is 11.5 Å². The van der Waals surface area contributed by atoms with Crippen LogP contribution < -0.4 is 0 Å². The fraction of sp³-hybridized carbons (Fsp3) is 0.0625. The average Bonchev–Trinajstić information content (AvgIpc) is 2.94. The molecule has 7 heteroatoms. The highest BCUT2D eigenvalue weighted by molar-refractivity contribution is 7.98. The van der Waals surface area contributed by atoms with E-state index in [0.717, 1.165) is 0 Å². The summed E-state index contributed by atoms with van der Waals surface area (Å²) in [6.45, 7) is 0. The third-order valence-electron chi connectivity index (χ3n) is 3.15. The molecular weight excluding hydrogens is 317 g/mol. The second kappa shape index (κ2) is 6.10. The third-order valence-corrected chi connectivity index (χ3v) is 3.71. The molecule has 0 atom stereocenters. The molecule has 0 aliphatic heterocycles. The van der Waals surface area contributed by atoms with Crippen molar-refractivity contribution in [2.45, 2.75) is 5.16 Å². The van der Waals surface area contributed by atoms with E-state index >= 15 is 0 Å². The Balaban J connectivity index is 2.29. The highest BCUT2D eigenvalue weighted by atomic mass is 32.2. The van der Waals surface area contributed by atoms with Crippen LogP contribution in [0.1, 0.15) is 10.5 Å². The number of ether oxygens (including phenoxy) is 1. The van der Waals surface area contributed by atoms with E-state index in [0.29, 0.717) is 21.9 Å². The van der Waals surface area contributed by atoms with Crippen LogP contribution in [0, 0.1) is 18.3 Å². The molecule has 3 aromatic rings. The number of benzene rings is 1. The number of fused-ring (bicyclic) bond motifs is 1. The monoisotopic (exact) mass is 327 g/mol. The predicted molar refractivity (Wildman–Crippen MR) is 84.9 cm³/mol. The number of rotatable bonds is 3. The van der Waals surface area contributed by atoms with Crippen LogP contribution in [0.25, 0.3) is 16.7 Å². The molecule has 114 valence electrons. The molecule has 5 nitrogen and oxygen atoms in total. The molecule has 2 heterocycles. The molecule has 0 saturated carbocycles. The SMILES string of the molecule is C#COC(=O)c1cc2cnc(SC)nc2n1-c1ccc(F)cc1. The highest BCUT2D eigenvalue weighted by Crippen LogP contribution is 2.25. The second-order valence-corrected chi connectivity index (χ2v) is 5.26. The maximum absolute atomic E-state index is 13.2. The molecule has 2 aromatic heterocycles. The van der Waals surface area contributed by atoms with Crippen LogP contribution >= 0.6 is 11.8 Å². The first kappa shape index (κ1) is 15.1. The van der Waals surface area contributed by atoms with Crippen molar-refractivity contribution in [3.8, 4) is 18.2 Å². The minimum atomic E-state index is -0.694. The van der Waals surface area contributed by atoms with Crippen molar-refractivity contribution < 1.29 is 13.9 Å². The minimum absolute atomic E-state index is 0.192. The Bertz CT molecular complexity index is 929. The van der Waals surface area contributed by atoms with Crippen LogP contribution in [-0.2, 0) is 4.74 Å². The summed E-state index contributed by atoms with van der Waals surface area (Å²) in [6, 6.07) is 7.27. The Morgan fingerprint density at radius 2 is 2.13 bits per heavy atom.